The van der Waals surface area contributed by atoms with Crippen LogP contribution in [0.15, 0.2) is 53.5 Å². The second-order valence-corrected chi connectivity index (χ2v) is 6.32. The summed E-state index contributed by atoms with van der Waals surface area (Å²) in [5.41, 5.74) is 3.01. The van der Waals surface area contributed by atoms with Gasteiger partial charge in [0.25, 0.3) is 0 Å². The Balaban J connectivity index is 0.00000392. The summed E-state index contributed by atoms with van der Waals surface area (Å²) >= 11 is 0. The van der Waals surface area contributed by atoms with E-state index in [1.54, 1.807) is 25.2 Å². The van der Waals surface area contributed by atoms with Crippen molar-refractivity contribution >= 4 is 29.9 Å². The van der Waals surface area contributed by atoms with E-state index in [1.807, 2.05) is 14.1 Å². The van der Waals surface area contributed by atoms with Crippen LogP contribution in [0.5, 0.6) is 5.75 Å². The molecule has 0 aliphatic carbocycles. The Kier molecular flexibility index (Phi) is 10.8. The number of aliphatic imine (C=N–C) groups is 1. The van der Waals surface area contributed by atoms with Gasteiger partial charge in [-0.25, -0.2) is 0 Å². The monoisotopic (exact) mass is 504 g/mol. The highest BCUT2D eigenvalue weighted by Crippen LogP contribution is 2.19. The van der Waals surface area contributed by atoms with Gasteiger partial charge in [0.15, 0.2) is 5.96 Å². The van der Waals surface area contributed by atoms with E-state index < -0.39 is 6.61 Å². The molecule has 0 radical (unpaired) electrons. The molecule has 0 aliphatic rings. The predicted octanol–water partition coefficient (Wildman–Crippen LogP) is 3.83. The van der Waals surface area contributed by atoms with Crippen LogP contribution >= 0.6 is 24.0 Å². The topological polar surface area (TPSA) is 48.9 Å². The van der Waals surface area contributed by atoms with Gasteiger partial charge in [-0.2, -0.15) is 8.78 Å². The summed E-state index contributed by atoms with van der Waals surface area (Å²) in [6.45, 7) is -1.02. The molecule has 28 heavy (non-hydrogen) atoms. The van der Waals surface area contributed by atoms with Crippen molar-refractivity contribution in [2.75, 3.05) is 21.1 Å². The van der Waals surface area contributed by atoms with Gasteiger partial charge in [0.2, 0.25) is 0 Å². The second-order valence-electron chi connectivity index (χ2n) is 6.32. The van der Waals surface area contributed by atoms with Gasteiger partial charge in [-0.05, 0) is 31.3 Å². The molecule has 2 aromatic carbocycles. The Morgan fingerprint density at radius 2 is 1.61 bits per heavy atom. The molecule has 0 aliphatic heterocycles. The molecule has 0 heterocycles. The van der Waals surface area contributed by atoms with Crippen LogP contribution in [0.2, 0.25) is 0 Å². The second kappa shape index (κ2) is 12.5. The number of hydrogen-bond acceptors (Lipinski definition) is 3. The highest BCUT2D eigenvalue weighted by atomic mass is 127. The third kappa shape index (κ3) is 8.39. The summed E-state index contributed by atoms with van der Waals surface area (Å²) in [7, 11) is 5.74. The Labute approximate surface area is 182 Å². The van der Waals surface area contributed by atoms with Gasteiger partial charge in [-0.1, -0.05) is 42.5 Å². The quantitative estimate of drug-likeness (QED) is 0.326. The molecule has 2 N–H and O–H groups in total. The van der Waals surface area contributed by atoms with Crippen molar-refractivity contribution in [1.82, 2.24) is 15.5 Å². The van der Waals surface area contributed by atoms with Gasteiger partial charge in [0.1, 0.15) is 5.75 Å². The van der Waals surface area contributed by atoms with Crippen molar-refractivity contribution in [2.24, 2.45) is 4.99 Å². The summed E-state index contributed by atoms with van der Waals surface area (Å²) in [5.74, 6) is 0.742. The van der Waals surface area contributed by atoms with Gasteiger partial charge in [0, 0.05) is 32.2 Å². The lowest BCUT2D eigenvalue weighted by Gasteiger charge is -2.15. The van der Waals surface area contributed by atoms with Crippen molar-refractivity contribution in [3.05, 3.63) is 65.2 Å². The van der Waals surface area contributed by atoms with Gasteiger partial charge >= 0.3 is 6.61 Å². The third-order valence-corrected chi connectivity index (χ3v) is 3.84. The lowest BCUT2D eigenvalue weighted by molar-refractivity contribution is -0.0504. The molecule has 2 rings (SSSR count). The van der Waals surface area contributed by atoms with Crippen LogP contribution in [0.1, 0.15) is 16.7 Å². The number of benzene rings is 2. The van der Waals surface area contributed by atoms with Crippen LogP contribution in [0, 0.1) is 0 Å². The molecule has 0 aromatic heterocycles. The molecule has 0 atom stereocenters. The average molecular weight is 504 g/mol. The number of nitrogens with one attached hydrogen (secondary N) is 2. The fourth-order valence-corrected chi connectivity index (χ4v) is 2.57. The number of ether oxygens (including phenoxy) is 1. The number of halogens is 3. The summed E-state index contributed by atoms with van der Waals surface area (Å²) in [4.78, 5) is 6.28. The maximum atomic E-state index is 12.5. The van der Waals surface area contributed by atoms with Crippen LogP contribution in [-0.4, -0.2) is 38.6 Å². The SMILES string of the molecule is CN=C(NCc1ccc(CN(C)C)cc1)NCc1ccccc1OC(F)F.I. The number of nitrogens with zero attached hydrogens (tertiary/aromatic N) is 2. The molecule has 0 saturated carbocycles. The number of alkyl halides is 2. The zero-order chi connectivity index (χ0) is 19.6. The number of guanidine groups is 1. The van der Waals surface area contributed by atoms with Gasteiger partial charge in [-0.15, -0.1) is 24.0 Å². The number of para-hydroxylation sites is 1. The third-order valence-electron chi connectivity index (χ3n) is 3.84. The predicted molar refractivity (Wildman–Crippen MR) is 119 cm³/mol. The van der Waals surface area contributed by atoms with E-state index in [1.165, 1.54) is 11.6 Å². The zero-order valence-electron chi connectivity index (χ0n) is 16.3. The smallest absolute Gasteiger partial charge is 0.387 e. The van der Waals surface area contributed by atoms with Gasteiger partial charge in [0.05, 0.1) is 0 Å². The first-order valence-electron chi connectivity index (χ1n) is 8.67. The molecule has 5 nitrogen and oxygen atoms in total. The largest absolute Gasteiger partial charge is 0.434 e. The first-order chi connectivity index (χ1) is 13.0. The Morgan fingerprint density at radius 3 is 2.21 bits per heavy atom. The van der Waals surface area contributed by atoms with Crippen LogP contribution in [0.4, 0.5) is 8.78 Å². The van der Waals surface area contributed by atoms with Gasteiger partial charge < -0.3 is 20.3 Å². The minimum atomic E-state index is -2.85. The van der Waals surface area contributed by atoms with E-state index in [4.69, 9.17) is 0 Å². The van der Waals surface area contributed by atoms with Crippen molar-refractivity contribution in [3.63, 3.8) is 0 Å². The molecule has 0 bridgehead atoms. The molecule has 8 heteroatoms. The van der Waals surface area contributed by atoms with E-state index in [2.05, 4.69) is 49.5 Å². The standard InChI is InChI=1S/C20H26F2N4O.HI/c1-23-20(24-12-15-8-10-16(11-9-15)14-26(2)3)25-13-17-6-4-5-7-18(17)27-19(21)22;/h4-11,19H,12-14H2,1-3H3,(H2,23,24,25);1H. The van der Waals surface area contributed by atoms with Crippen molar-refractivity contribution < 1.29 is 13.5 Å². The van der Waals surface area contributed by atoms with E-state index in [0.29, 0.717) is 24.6 Å². The molecule has 0 saturated heterocycles. The molecule has 2 aromatic rings. The molecular weight excluding hydrogens is 477 g/mol. The van der Waals surface area contributed by atoms with Crippen LogP contribution in [0.3, 0.4) is 0 Å². The first kappa shape index (κ1) is 24.1. The maximum Gasteiger partial charge on any atom is 0.387 e. The first-order valence-corrected chi connectivity index (χ1v) is 8.67. The molecule has 0 spiro atoms. The minimum Gasteiger partial charge on any atom is -0.434 e. The van der Waals surface area contributed by atoms with Crippen molar-refractivity contribution in [1.29, 1.82) is 0 Å². The zero-order valence-corrected chi connectivity index (χ0v) is 18.6. The highest BCUT2D eigenvalue weighted by molar-refractivity contribution is 14.0. The summed E-state index contributed by atoms with van der Waals surface area (Å²) in [5, 5.41) is 6.33. The van der Waals surface area contributed by atoms with Crippen molar-refractivity contribution in [2.45, 2.75) is 26.2 Å². The van der Waals surface area contributed by atoms with E-state index >= 15 is 0 Å². The van der Waals surface area contributed by atoms with Gasteiger partial charge in [-0.3, -0.25) is 4.99 Å². The van der Waals surface area contributed by atoms with E-state index in [-0.39, 0.29) is 29.7 Å². The fourth-order valence-electron chi connectivity index (χ4n) is 2.57. The fraction of sp³-hybridized carbons (Fsp3) is 0.350. The van der Waals surface area contributed by atoms with Crippen molar-refractivity contribution in [3.8, 4) is 5.75 Å². The van der Waals surface area contributed by atoms with E-state index in [0.717, 1.165) is 12.1 Å². The van der Waals surface area contributed by atoms with E-state index in [9.17, 15) is 8.78 Å². The lowest BCUT2D eigenvalue weighted by atomic mass is 10.1. The lowest BCUT2D eigenvalue weighted by Crippen LogP contribution is -2.36. The number of hydrogen-bond donors (Lipinski definition) is 2. The summed E-state index contributed by atoms with van der Waals surface area (Å²) in [6, 6.07) is 15.1. The van der Waals surface area contributed by atoms with Crippen LogP contribution in [-0.2, 0) is 19.6 Å². The number of rotatable bonds is 8. The average Bonchev–Trinajstić information content (AvgIpc) is 2.63. The normalized spacial score (nSPS) is 11.3. The summed E-state index contributed by atoms with van der Waals surface area (Å²) < 4.78 is 29.5. The summed E-state index contributed by atoms with van der Waals surface area (Å²) in [6.07, 6.45) is 0. The molecule has 0 fully saturated rings. The Bertz CT molecular complexity index is 739. The van der Waals surface area contributed by atoms with Crippen LogP contribution < -0.4 is 15.4 Å². The molecular formula is C20H27F2IN4O. The van der Waals surface area contributed by atoms with Crippen LogP contribution in [0.25, 0.3) is 0 Å². The Morgan fingerprint density at radius 1 is 1.00 bits per heavy atom. The maximum absolute atomic E-state index is 12.5. The molecule has 154 valence electrons. The minimum absolute atomic E-state index is 0. The molecule has 0 unspecified atom stereocenters. The Hall–Kier alpha value is -1.94. The highest BCUT2D eigenvalue weighted by Gasteiger charge is 2.09. The molecule has 0 amide bonds.